The molecule has 2 aromatic rings. The smallest absolute Gasteiger partial charge is 0.411 e. The van der Waals surface area contributed by atoms with Gasteiger partial charge in [0.15, 0.2) is 11.9 Å². The minimum atomic E-state index is -0.498. The molecule has 0 unspecified atom stereocenters. The van der Waals surface area contributed by atoms with E-state index in [1.54, 1.807) is 30.9 Å². The molecule has 0 N–H and O–H groups in total. The fourth-order valence-corrected chi connectivity index (χ4v) is 3.78. The molecule has 0 atom stereocenters. The van der Waals surface area contributed by atoms with E-state index in [1.165, 1.54) is 9.80 Å². The first-order valence-electron chi connectivity index (χ1n) is 12.2. The molecular formula is C25H41N5O6S. The van der Waals surface area contributed by atoms with Gasteiger partial charge in [0.25, 0.3) is 5.56 Å². The van der Waals surface area contributed by atoms with Gasteiger partial charge in [-0.15, -0.1) is 0 Å². The van der Waals surface area contributed by atoms with Crippen LogP contribution in [0.25, 0.3) is 11.0 Å². The molecule has 11 nitrogen and oxygen atoms in total. The topological polar surface area (TPSA) is 108 Å². The minimum Gasteiger partial charge on any atom is -0.438 e. The first-order chi connectivity index (χ1) is 17.0. The molecule has 0 spiro atoms. The Morgan fingerprint density at radius 3 is 2.14 bits per heavy atom. The van der Waals surface area contributed by atoms with Gasteiger partial charge in [0.1, 0.15) is 11.5 Å². The second-order valence-electron chi connectivity index (χ2n) is 11.0. The van der Waals surface area contributed by atoms with Gasteiger partial charge in [-0.05, 0) is 73.2 Å². The average Bonchev–Trinajstić information content (AvgIpc) is 3.21. The summed E-state index contributed by atoms with van der Waals surface area (Å²) in [6.07, 6.45) is 0.759. The predicted molar refractivity (Wildman–Crippen MR) is 144 cm³/mol. The van der Waals surface area contributed by atoms with E-state index in [0.717, 1.165) is 11.8 Å². The first-order valence-corrected chi connectivity index (χ1v) is 13.2. The summed E-state index contributed by atoms with van der Waals surface area (Å²) in [5.74, 6) is -0.0142. The van der Waals surface area contributed by atoms with Crippen LogP contribution < -0.4 is 5.56 Å². The van der Waals surface area contributed by atoms with Gasteiger partial charge in [-0.1, -0.05) is 0 Å². The van der Waals surface area contributed by atoms with Crippen LogP contribution in [0.2, 0.25) is 0 Å². The number of carbonyl (C=O) groups excluding carboxylic acids is 2. The van der Waals surface area contributed by atoms with Crippen molar-refractivity contribution in [1.29, 1.82) is 0 Å². The third-order valence-electron chi connectivity index (χ3n) is 5.89. The number of ether oxygens (including phenoxy) is 3. The molecule has 2 rings (SSSR count). The lowest BCUT2D eigenvalue weighted by molar-refractivity contribution is 0.0597. The van der Waals surface area contributed by atoms with E-state index in [1.807, 2.05) is 60.0 Å². The van der Waals surface area contributed by atoms with Crippen LogP contribution in [0.1, 0.15) is 55.4 Å². The van der Waals surface area contributed by atoms with Gasteiger partial charge in [0, 0.05) is 37.9 Å². The van der Waals surface area contributed by atoms with Crippen molar-refractivity contribution in [2.24, 2.45) is 0 Å². The zero-order valence-electron chi connectivity index (χ0n) is 23.7. The summed E-state index contributed by atoms with van der Waals surface area (Å²) in [5.41, 5.74) is -0.333. The molecule has 0 radical (unpaired) electrons. The Kier molecular flexibility index (Phi) is 10.1. The highest BCUT2D eigenvalue weighted by atomic mass is 32.2. The number of hydrogen-bond donors (Lipinski definition) is 0. The Morgan fingerprint density at radius 2 is 1.59 bits per heavy atom. The van der Waals surface area contributed by atoms with Crippen molar-refractivity contribution in [2.75, 3.05) is 26.6 Å². The van der Waals surface area contributed by atoms with Crippen LogP contribution in [0.4, 0.5) is 9.59 Å². The molecule has 0 aliphatic carbocycles. The Labute approximate surface area is 223 Å². The molecule has 0 bridgehead atoms. The molecule has 0 saturated heterocycles. The number of thioether (sulfide) groups is 1. The lowest BCUT2D eigenvalue weighted by Crippen LogP contribution is -2.43. The van der Waals surface area contributed by atoms with E-state index in [9.17, 15) is 14.4 Å². The van der Waals surface area contributed by atoms with Gasteiger partial charge in [-0.3, -0.25) is 4.79 Å². The Morgan fingerprint density at radius 1 is 1.03 bits per heavy atom. The molecule has 0 aromatic carbocycles. The van der Waals surface area contributed by atoms with Crippen molar-refractivity contribution >= 4 is 35.0 Å². The van der Waals surface area contributed by atoms with E-state index in [4.69, 9.17) is 14.2 Å². The lowest BCUT2D eigenvalue weighted by Gasteiger charge is -2.31. The number of fused-ring (bicyclic) bond motifs is 1. The molecule has 12 heteroatoms. The second kappa shape index (κ2) is 12.2. The van der Waals surface area contributed by atoms with Crippen molar-refractivity contribution in [3.05, 3.63) is 22.6 Å². The number of rotatable bonds is 9. The third-order valence-corrected chi connectivity index (χ3v) is 6.69. The third kappa shape index (κ3) is 8.13. The maximum atomic E-state index is 13.0. The fourth-order valence-electron chi connectivity index (χ4n) is 3.03. The van der Waals surface area contributed by atoms with E-state index in [-0.39, 0.29) is 24.3 Å². The van der Waals surface area contributed by atoms with Crippen molar-refractivity contribution in [3.63, 3.8) is 0 Å². The molecule has 2 amide bonds. The zero-order chi connectivity index (χ0) is 28.1. The first kappa shape index (κ1) is 30.5. The van der Waals surface area contributed by atoms with E-state index >= 15 is 0 Å². The highest BCUT2D eigenvalue weighted by Crippen LogP contribution is 2.22. The Hall–Kier alpha value is -2.73. The summed E-state index contributed by atoms with van der Waals surface area (Å²) in [6, 6.07) is 1.78. The van der Waals surface area contributed by atoms with Crippen molar-refractivity contribution < 1.29 is 23.8 Å². The number of aromatic nitrogens is 3. The van der Waals surface area contributed by atoms with Crippen LogP contribution in [-0.2, 0) is 27.5 Å². The summed E-state index contributed by atoms with van der Waals surface area (Å²) in [6.45, 7) is 16.0. The van der Waals surface area contributed by atoms with Crippen LogP contribution in [-0.4, -0.2) is 79.9 Å². The summed E-state index contributed by atoms with van der Waals surface area (Å²) in [5, 5.41) is 0.401. The summed E-state index contributed by atoms with van der Waals surface area (Å²) in [7, 11) is 3.33. The maximum absolute atomic E-state index is 13.0. The van der Waals surface area contributed by atoms with Gasteiger partial charge >= 0.3 is 12.2 Å². The number of amides is 2. The molecule has 0 fully saturated rings. The van der Waals surface area contributed by atoms with Gasteiger partial charge in [-0.2, -0.15) is 4.98 Å². The largest absolute Gasteiger partial charge is 0.438 e. The summed E-state index contributed by atoms with van der Waals surface area (Å²) in [4.78, 5) is 45.1. The number of hydrogen-bond acceptors (Lipinski definition) is 8. The van der Waals surface area contributed by atoms with Crippen LogP contribution in [0, 0.1) is 0 Å². The molecule has 2 aromatic heterocycles. The van der Waals surface area contributed by atoms with Crippen LogP contribution >= 0.6 is 11.8 Å². The molecule has 37 heavy (non-hydrogen) atoms. The normalized spacial score (nSPS) is 12.2. The van der Waals surface area contributed by atoms with Crippen LogP contribution in [0.3, 0.4) is 0 Å². The highest BCUT2D eigenvalue weighted by Gasteiger charge is 2.25. The second-order valence-corrected chi connectivity index (χ2v) is 11.9. The molecular weight excluding hydrogens is 498 g/mol. The zero-order valence-corrected chi connectivity index (χ0v) is 24.5. The predicted octanol–water partition coefficient (Wildman–Crippen LogP) is 4.36. The van der Waals surface area contributed by atoms with Crippen LogP contribution in [0.15, 0.2) is 22.2 Å². The van der Waals surface area contributed by atoms with Crippen molar-refractivity contribution in [3.8, 4) is 0 Å². The summed E-state index contributed by atoms with van der Waals surface area (Å²) >= 11 is 1.15. The molecule has 2 heterocycles. The van der Waals surface area contributed by atoms with E-state index in [0.29, 0.717) is 29.3 Å². The standard InChI is InChI=1S/C25H41N5O6S/c1-17(2)34-14-13-30-18-11-12-29(15-35-22(32)27(9)24(3,4)5)19(18)20(31)26-21(30)37-16-36-23(33)28(10)25(6,7)8/h11-12,17H,13-16H2,1-10H3. The Balaban J connectivity index is 2.30. The average molecular weight is 540 g/mol. The van der Waals surface area contributed by atoms with Crippen molar-refractivity contribution in [1.82, 2.24) is 23.9 Å². The molecule has 0 saturated carbocycles. The molecule has 0 aliphatic rings. The van der Waals surface area contributed by atoms with Gasteiger partial charge in [0.2, 0.25) is 0 Å². The number of carbonyl (C=O) groups is 2. The van der Waals surface area contributed by atoms with Gasteiger partial charge in [-0.25, -0.2) is 9.59 Å². The maximum Gasteiger partial charge on any atom is 0.411 e. The summed E-state index contributed by atoms with van der Waals surface area (Å²) < 4.78 is 20.0. The monoisotopic (exact) mass is 539 g/mol. The van der Waals surface area contributed by atoms with Gasteiger partial charge in [0.05, 0.1) is 18.2 Å². The molecule has 208 valence electrons. The van der Waals surface area contributed by atoms with Crippen LogP contribution in [0.5, 0.6) is 0 Å². The number of nitrogens with zero attached hydrogens (tertiary/aromatic N) is 5. The highest BCUT2D eigenvalue weighted by molar-refractivity contribution is 7.99. The quantitative estimate of drug-likeness (QED) is 0.263. The SMILES string of the molecule is CC(C)OCCn1c(SCOC(=O)N(C)C(C)(C)C)nc(=O)c2c1ccn2COC(=O)N(C)C(C)(C)C. The lowest BCUT2D eigenvalue weighted by atomic mass is 10.1. The molecule has 0 aliphatic heterocycles. The van der Waals surface area contributed by atoms with Gasteiger partial charge < -0.3 is 33.1 Å². The minimum absolute atomic E-state index is 0.0142. The fraction of sp³-hybridized carbons (Fsp3) is 0.680. The Bertz CT molecular complexity index is 1150. The van der Waals surface area contributed by atoms with E-state index < -0.39 is 23.3 Å². The van der Waals surface area contributed by atoms with E-state index in [2.05, 4.69) is 4.98 Å². The van der Waals surface area contributed by atoms with Crippen molar-refractivity contribution in [2.45, 2.75) is 91.0 Å².